The van der Waals surface area contributed by atoms with Gasteiger partial charge in [-0.1, -0.05) is 24.4 Å². The van der Waals surface area contributed by atoms with Crippen LogP contribution in [0.2, 0.25) is 0 Å². The molecule has 1 aliphatic carbocycles. The molecule has 7 heteroatoms. The molecule has 0 unspecified atom stereocenters. The van der Waals surface area contributed by atoms with Crippen molar-refractivity contribution in [3.63, 3.8) is 0 Å². The minimum atomic E-state index is -0.687. The van der Waals surface area contributed by atoms with E-state index in [9.17, 15) is 9.59 Å². The molecule has 26 heavy (non-hydrogen) atoms. The fourth-order valence-corrected chi connectivity index (χ4v) is 4.25. The van der Waals surface area contributed by atoms with E-state index in [2.05, 4.69) is 15.4 Å². The van der Waals surface area contributed by atoms with Crippen LogP contribution >= 0.6 is 0 Å². The number of carbonyl (C=O) groups excluding carboxylic acids is 2. The molecule has 2 aliphatic rings. The summed E-state index contributed by atoms with van der Waals surface area (Å²) in [5, 5.41) is 7.01. The molecule has 1 saturated carbocycles. The number of hydrogen-bond donors (Lipinski definition) is 1. The Balaban J connectivity index is 1.61. The summed E-state index contributed by atoms with van der Waals surface area (Å²) >= 11 is 0. The third-order valence-corrected chi connectivity index (χ3v) is 5.75. The standard InChI is InChI=1S/C19H30N4O3/c1-14-17(15(2)26-21-14)13-22-9-11-23(12-10-22)18(25)19(20-16(3)24)7-5-4-6-8-19/h4-13H2,1-3H3,(H,20,24). The van der Waals surface area contributed by atoms with Gasteiger partial charge in [0.05, 0.1) is 5.69 Å². The van der Waals surface area contributed by atoms with E-state index in [4.69, 9.17) is 4.52 Å². The Kier molecular flexibility index (Phi) is 5.65. The summed E-state index contributed by atoms with van der Waals surface area (Å²) in [5.74, 6) is 0.856. The molecule has 1 aromatic heterocycles. The number of aromatic nitrogens is 1. The van der Waals surface area contributed by atoms with Gasteiger partial charge in [0.25, 0.3) is 0 Å². The van der Waals surface area contributed by atoms with Crippen LogP contribution in [0, 0.1) is 13.8 Å². The zero-order valence-electron chi connectivity index (χ0n) is 16.1. The number of hydrogen-bond acceptors (Lipinski definition) is 5. The second-order valence-electron chi connectivity index (χ2n) is 7.70. The van der Waals surface area contributed by atoms with Crippen LogP contribution in [0.25, 0.3) is 0 Å². The summed E-state index contributed by atoms with van der Waals surface area (Å²) in [6.07, 6.45) is 4.64. The minimum absolute atomic E-state index is 0.101. The van der Waals surface area contributed by atoms with Crippen LogP contribution in [-0.4, -0.2) is 58.5 Å². The topological polar surface area (TPSA) is 78.7 Å². The molecule has 144 valence electrons. The summed E-state index contributed by atoms with van der Waals surface area (Å²) in [6.45, 7) is 9.26. The zero-order valence-corrected chi connectivity index (χ0v) is 16.1. The summed E-state index contributed by atoms with van der Waals surface area (Å²) in [4.78, 5) is 29.2. The lowest BCUT2D eigenvalue weighted by Crippen LogP contribution is -2.62. The number of piperazine rings is 1. The molecule has 1 N–H and O–H groups in total. The number of carbonyl (C=O) groups is 2. The van der Waals surface area contributed by atoms with Gasteiger partial charge in [-0.25, -0.2) is 0 Å². The SMILES string of the molecule is CC(=O)NC1(C(=O)N2CCN(Cc3c(C)noc3C)CC2)CCCCC1. The molecule has 2 fully saturated rings. The van der Waals surface area contributed by atoms with Crippen molar-refractivity contribution in [1.82, 2.24) is 20.3 Å². The molecule has 2 amide bonds. The molecule has 0 aromatic carbocycles. The van der Waals surface area contributed by atoms with Gasteiger partial charge in [0.1, 0.15) is 11.3 Å². The summed E-state index contributed by atoms with van der Waals surface area (Å²) < 4.78 is 5.24. The fraction of sp³-hybridized carbons (Fsp3) is 0.737. The normalized spacial score (nSPS) is 20.8. The largest absolute Gasteiger partial charge is 0.361 e. The first-order valence-corrected chi connectivity index (χ1v) is 9.63. The lowest BCUT2D eigenvalue weighted by Gasteiger charge is -2.43. The molecule has 1 aliphatic heterocycles. The maximum Gasteiger partial charge on any atom is 0.248 e. The summed E-state index contributed by atoms with van der Waals surface area (Å²) in [5.41, 5.74) is 1.40. The van der Waals surface area contributed by atoms with Crippen LogP contribution < -0.4 is 5.32 Å². The number of nitrogens with zero attached hydrogens (tertiary/aromatic N) is 3. The highest BCUT2D eigenvalue weighted by atomic mass is 16.5. The molecule has 1 saturated heterocycles. The molecule has 3 rings (SSSR count). The van der Waals surface area contributed by atoms with Crippen molar-refractivity contribution >= 4 is 11.8 Å². The molecular formula is C19H30N4O3. The minimum Gasteiger partial charge on any atom is -0.361 e. The Morgan fingerprint density at radius 3 is 2.31 bits per heavy atom. The molecule has 0 bridgehead atoms. The van der Waals surface area contributed by atoms with Crippen molar-refractivity contribution < 1.29 is 14.1 Å². The predicted octanol–water partition coefficient (Wildman–Crippen LogP) is 1.77. The molecule has 0 spiro atoms. The van der Waals surface area contributed by atoms with E-state index in [-0.39, 0.29) is 11.8 Å². The molecule has 0 radical (unpaired) electrons. The van der Waals surface area contributed by atoms with Gasteiger partial charge >= 0.3 is 0 Å². The lowest BCUT2D eigenvalue weighted by atomic mass is 9.80. The van der Waals surface area contributed by atoms with Gasteiger partial charge in [-0.2, -0.15) is 0 Å². The van der Waals surface area contributed by atoms with Crippen LogP contribution in [0.3, 0.4) is 0 Å². The van der Waals surface area contributed by atoms with E-state index >= 15 is 0 Å². The smallest absolute Gasteiger partial charge is 0.248 e. The van der Waals surface area contributed by atoms with Crippen molar-refractivity contribution in [2.45, 2.75) is 65.0 Å². The van der Waals surface area contributed by atoms with Crippen LogP contribution in [0.1, 0.15) is 56.0 Å². The van der Waals surface area contributed by atoms with E-state index < -0.39 is 5.54 Å². The highest BCUT2D eigenvalue weighted by Crippen LogP contribution is 2.30. The van der Waals surface area contributed by atoms with E-state index in [0.717, 1.165) is 68.8 Å². The monoisotopic (exact) mass is 362 g/mol. The maximum absolute atomic E-state index is 13.2. The van der Waals surface area contributed by atoms with Gasteiger partial charge in [0, 0.05) is 45.2 Å². The zero-order chi connectivity index (χ0) is 18.7. The van der Waals surface area contributed by atoms with Crippen molar-refractivity contribution in [3.05, 3.63) is 17.0 Å². The van der Waals surface area contributed by atoms with Crippen molar-refractivity contribution in [1.29, 1.82) is 0 Å². The second kappa shape index (κ2) is 7.78. The van der Waals surface area contributed by atoms with Crippen molar-refractivity contribution in [2.24, 2.45) is 0 Å². The maximum atomic E-state index is 13.2. The van der Waals surface area contributed by atoms with E-state index in [1.165, 1.54) is 6.92 Å². The molecule has 2 heterocycles. The first-order chi connectivity index (χ1) is 12.4. The highest BCUT2D eigenvalue weighted by molar-refractivity contribution is 5.91. The average molecular weight is 362 g/mol. The Bertz CT molecular complexity index is 636. The van der Waals surface area contributed by atoms with E-state index in [1.807, 2.05) is 18.7 Å². The Morgan fingerprint density at radius 1 is 1.12 bits per heavy atom. The predicted molar refractivity (Wildman–Crippen MR) is 97.5 cm³/mol. The molecule has 7 nitrogen and oxygen atoms in total. The first-order valence-electron chi connectivity index (χ1n) is 9.63. The quantitative estimate of drug-likeness (QED) is 0.883. The van der Waals surface area contributed by atoms with Crippen LogP contribution in [0.15, 0.2) is 4.52 Å². The van der Waals surface area contributed by atoms with Crippen LogP contribution in [0.4, 0.5) is 0 Å². The number of nitrogens with one attached hydrogen (secondary N) is 1. The van der Waals surface area contributed by atoms with E-state index in [1.54, 1.807) is 0 Å². The van der Waals surface area contributed by atoms with Gasteiger partial charge in [-0.15, -0.1) is 0 Å². The molecular weight excluding hydrogens is 332 g/mol. The van der Waals surface area contributed by atoms with Crippen molar-refractivity contribution in [2.75, 3.05) is 26.2 Å². The van der Waals surface area contributed by atoms with Gasteiger partial charge in [0.15, 0.2) is 0 Å². The third-order valence-electron chi connectivity index (χ3n) is 5.75. The van der Waals surface area contributed by atoms with Gasteiger partial charge in [-0.3, -0.25) is 14.5 Å². The van der Waals surface area contributed by atoms with Crippen LogP contribution in [-0.2, 0) is 16.1 Å². The Labute approximate surface area is 155 Å². The highest BCUT2D eigenvalue weighted by Gasteiger charge is 2.43. The Morgan fingerprint density at radius 2 is 1.77 bits per heavy atom. The molecule has 0 atom stereocenters. The summed E-state index contributed by atoms with van der Waals surface area (Å²) in [7, 11) is 0. The lowest BCUT2D eigenvalue weighted by molar-refractivity contribution is -0.144. The Hall–Kier alpha value is -1.89. The second-order valence-corrected chi connectivity index (χ2v) is 7.70. The average Bonchev–Trinajstić information content (AvgIpc) is 2.94. The third kappa shape index (κ3) is 3.92. The van der Waals surface area contributed by atoms with Crippen molar-refractivity contribution in [3.8, 4) is 0 Å². The number of aryl methyl sites for hydroxylation is 2. The van der Waals surface area contributed by atoms with Gasteiger partial charge in [0.2, 0.25) is 11.8 Å². The summed E-state index contributed by atoms with van der Waals surface area (Å²) in [6, 6.07) is 0. The van der Waals surface area contributed by atoms with Gasteiger partial charge in [-0.05, 0) is 26.7 Å². The number of rotatable bonds is 4. The fourth-order valence-electron chi connectivity index (χ4n) is 4.25. The van der Waals surface area contributed by atoms with Gasteiger partial charge < -0.3 is 14.7 Å². The first kappa shape index (κ1) is 18.9. The number of amides is 2. The van der Waals surface area contributed by atoms with Crippen LogP contribution in [0.5, 0.6) is 0 Å². The molecule has 1 aromatic rings. The van der Waals surface area contributed by atoms with E-state index in [0.29, 0.717) is 13.1 Å².